The zero-order valence-corrected chi connectivity index (χ0v) is 45.9. The fourth-order valence-electron chi connectivity index (χ4n) is 10.6. The number of aliphatic hydroxyl groups is 2. The minimum absolute atomic E-state index is 0.0596. The fourth-order valence-corrected chi connectivity index (χ4v) is 10.6. The van der Waals surface area contributed by atoms with Gasteiger partial charge in [-0.3, -0.25) is 19.2 Å². The Hall–Kier alpha value is -9.66. The number of hydrogen-bond acceptors (Lipinski definition) is 15. The van der Waals surface area contributed by atoms with E-state index in [0.29, 0.717) is 24.0 Å². The summed E-state index contributed by atoms with van der Waals surface area (Å²) in [4.78, 5) is 82.8. The lowest BCUT2D eigenvalue weighted by atomic mass is 9.93. The Balaban J connectivity index is 0.000000200. The third kappa shape index (κ3) is 12.6. The number of carbonyl (C=O) groups excluding carboxylic acids is 5. The van der Waals surface area contributed by atoms with Gasteiger partial charge in [0.1, 0.15) is 26.4 Å². The van der Waals surface area contributed by atoms with E-state index < -0.39 is 42.7 Å². The van der Waals surface area contributed by atoms with Gasteiger partial charge < -0.3 is 58.3 Å². The zero-order chi connectivity index (χ0) is 58.9. The molecule has 10 rings (SSSR count). The van der Waals surface area contributed by atoms with Crippen LogP contribution < -0.4 is 28.7 Å². The molecule has 20 nitrogen and oxygen atoms in total. The molecule has 430 valence electrons. The molecule has 4 amide bonds. The first-order valence-electron chi connectivity index (χ1n) is 26.5. The van der Waals surface area contributed by atoms with Crippen LogP contribution in [0.4, 0.5) is 21.0 Å². The van der Waals surface area contributed by atoms with E-state index in [-0.39, 0.29) is 116 Å². The molecular weight excluding hydrogens is 1070 g/mol. The summed E-state index contributed by atoms with van der Waals surface area (Å²) < 4.78 is 38.8. The number of esters is 1. The van der Waals surface area contributed by atoms with Crippen molar-refractivity contribution >= 4 is 47.3 Å². The molecule has 0 bridgehead atoms. The molecule has 4 aliphatic heterocycles. The number of carboxylic acids is 1. The Kier molecular flexibility index (Phi) is 18.1. The number of hydrogen-bond donors (Lipinski definition) is 3. The number of methoxy groups -OCH3 is 3. The van der Waals surface area contributed by atoms with Gasteiger partial charge in [-0.2, -0.15) is 0 Å². The number of anilines is 2. The predicted octanol–water partition coefficient (Wildman–Crippen LogP) is 7.95. The van der Waals surface area contributed by atoms with Crippen molar-refractivity contribution in [1.82, 2.24) is 9.80 Å². The number of aliphatic hydroxyl groups excluding tert-OH is 2. The second-order valence-corrected chi connectivity index (χ2v) is 19.8. The lowest BCUT2D eigenvalue weighted by molar-refractivity contribution is -0.140. The SMILES string of the molecule is C=CCOC(=O)N1c2cc(OCc3cccc(CC(=O)O)c3)c(OC)cc2C(=O)N2Cc3ccccc3C[C@H]2C1O.C=CCOC(=O)N1c2cc(OCc3cccc(CC(=O)OC)c3)c(OC)cc2C(=O)N2Cc3ccccc3C[C@H]2C1O. The quantitative estimate of drug-likeness (QED) is 0.0473. The summed E-state index contributed by atoms with van der Waals surface area (Å²) in [6, 6.07) is 34.2. The van der Waals surface area contributed by atoms with Gasteiger partial charge >= 0.3 is 24.1 Å². The molecular formula is C63H62N4O16. The van der Waals surface area contributed by atoms with Crippen LogP contribution in [0.5, 0.6) is 23.0 Å². The highest BCUT2D eigenvalue weighted by molar-refractivity contribution is 6.07. The summed E-state index contributed by atoms with van der Waals surface area (Å²) in [5, 5.41) is 32.4. The van der Waals surface area contributed by atoms with E-state index in [1.54, 1.807) is 34.1 Å². The number of fused-ring (bicyclic) bond motifs is 6. The zero-order valence-electron chi connectivity index (χ0n) is 45.9. The maximum Gasteiger partial charge on any atom is 0.416 e. The van der Waals surface area contributed by atoms with Crippen LogP contribution in [0, 0.1) is 0 Å². The number of nitrogens with zero attached hydrogens (tertiary/aromatic N) is 4. The number of aliphatic carboxylic acids is 1. The minimum Gasteiger partial charge on any atom is -0.493 e. The Labute approximate surface area is 478 Å². The fraction of sp³-hybridized carbons (Fsp3) is 0.270. The third-order valence-electron chi connectivity index (χ3n) is 14.6. The highest BCUT2D eigenvalue weighted by Crippen LogP contribution is 2.44. The topological polar surface area (TPSA) is 241 Å². The molecule has 83 heavy (non-hydrogen) atoms. The normalized spacial score (nSPS) is 17.4. The summed E-state index contributed by atoms with van der Waals surface area (Å²) in [5.41, 5.74) is 7.35. The number of benzene rings is 6. The first-order valence-corrected chi connectivity index (χ1v) is 26.5. The van der Waals surface area contributed by atoms with Crippen LogP contribution in [0.15, 0.2) is 147 Å². The van der Waals surface area contributed by atoms with Crippen LogP contribution in [0.1, 0.15) is 65.2 Å². The number of amides is 4. The molecule has 0 spiro atoms. The average molecular weight is 1130 g/mol. The van der Waals surface area contributed by atoms with Crippen molar-refractivity contribution in [3.63, 3.8) is 0 Å². The van der Waals surface area contributed by atoms with E-state index in [1.165, 1.54) is 57.7 Å². The van der Waals surface area contributed by atoms with Gasteiger partial charge in [-0.1, -0.05) is 122 Å². The molecule has 0 radical (unpaired) electrons. The summed E-state index contributed by atoms with van der Waals surface area (Å²) in [6.45, 7) is 7.71. The van der Waals surface area contributed by atoms with E-state index in [4.69, 9.17) is 38.3 Å². The van der Waals surface area contributed by atoms with Crippen LogP contribution >= 0.6 is 0 Å². The molecule has 6 aromatic carbocycles. The van der Waals surface area contributed by atoms with Crippen LogP contribution in [-0.2, 0) is 75.8 Å². The maximum atomic E-state index is 14.0. The second kappa shape index (κ2) is 25.9. The Morgan fingerprint density at radius 1 is 0.542 bits per heavy atom. The highest BCUT2D eigenvalue weighted by atomic mass is 16.6. The van der Waals surface area contributed by atoms with Crippen LogP contribution in [-0.4, -0.2) is 120 Å². The summed E-state index contributed by atoms with van der Waals surface area (Å²) >= 11 is 0. The lowest BCUT2D eigenvalue weighted by Gasteiger charge is -2.39. The predicted molar refractivity (Wildman–Crippen MR) is 302 cm³/mol. The van der Waals surface area contributed by atoms with Crippen molar-refractivity contribution in [2.24, 2.45) is 0 Å². The Bertz CT molecular complexity index is 3470. The summed E-state index contributed by atoms with van der Waals surface area (Å²) in [6.07, 6.45) is -0.965. The van der Waals surface area contributed by atoms with E-state index in [2.05, 4.69) is 13.2 Å². The lowest BCUT2D eigenvalue weighted by Crippen LogP contribution is -2.55. The van der Waals surface area contributed by atoms with E-state index in [9.17, 15) is 39.0 Å². The molecule has 0 fully saturated rings. The van der Waals surface area contributed by atoms with Crippen molar-refractivity contribution in [3.8, 4) is 23.0 Å². The van der Waals surface area contributed by atoms with Gasteiger partial charge in [0.2, 0.25) is 0 Å². The monoisotopic (exact) mass is 1130 g/mol. The van der Waals surface area contributed by atoms with Crippen molar-refractivity contribution in [2.75, 3.05) is 44.3 Å². The molecule has 6 aromatic rings. The molecule has 0 saturated heterocycles. The van der Waals surface area contributed by atoms with Gasteiger partial charge in [-0.05, 0) is 69.5 Å². The van der Waals surface area contributed by atoms with Crippen LogP contribution in [0.3, 0.4) is 0 Å². The Morgan fingerprint density at radius 3 is 1.35 bits per heavy atom. The average Bonchev–Trinajstić information content (AvgIpc) is 3.82. The first kappa shape index (κ1) is 58.0. The molecule has 4 heterocycles. The molecule has 0 aliphatic carbocycles. The van der Waals surface area contributed by atoms with Crippen molar-refractivity contribution in [2.45, 2.75) is 76.5 Å². The Morgan fingerprint density at radius 2 is 0.952 bits per heavy atom. The third-order valence-corrected chi connectivity index (χ3v) is 14.6. The van der Waals surface area contributed by atoms with Gasteiger partial charge in [0.15, 0.2) is 35.5 Å². The largest absolute Gasteiger partial charge is 0.493 e. The molecule has 2 unspecified atom stereocenters. The number of carbonyl (C=O) groups is 6. The van der Waals surface area contributed by atoms with Crippen molar-refractivity contribution in [3.05, 3.63) is 202 Å². The van der Waals surface area contributed by atoms with E-state index in [1.807, 2.05) is 72.8 Å². The van der Waals surface area contributed by atoms with Gasteiger partial charge in [0.25, 0.3) is 11.8 Å². The van der Waals surface area contributed by atoms with Gasteiger partial charge in [0.05, 0.1) is 68.8 Å². The first-order chi connectivity index (χ1) is 40.1. The molecule has 3 N–H and O–H groups in total. The molecule has 4 atom stereocenters. The van der Waals surface area contributed by atoms with Crippen LogP contribution in [0.2, 0.25) is 0 Å². The molecule has 20 heteroatoms. The molecule has 0 saturated carbocycles. The van der Waals surface area contributed by atoms with Gasteiger partial charge in [-0.25, -0.2) is 19.4 Å². The highest BCUT2D eigenvalue weighted by Gasteiger charge is 2.47. The molecule has 4 aliphatic rings. The summed E-state index contributed by atoms with van der Waals surface area (Å²) in [7, 11) is 4.23. The van der Waals surface area contributed by atoms with E-state index >= 15 is 0 Å². The van der Waals surface area contributed by atoms with Crippen molar-refractivity contribution in [1.29, 1.82) is 0 Å². The minimum atomic E-state index is -1.42. The van der Waals surface area contributed by atoms with Gasteiger partial charge in [-0.15, -0.1) is 0 Å². The maximum absolute atomic E-state index is 14.0. The van der Waals surface area contributed by atoms with Crippen LogP contribution in [0.25, 0.3) is 0 Å². The smallest absolute Gasteiger partial charge is 0.416 e. The van der Waals surface area contributed by atoms with Gasteiger partial charge in [0, 0.05) is 25.2 Å². The second-order valence-electron chi connectivity index (χ2n) is 19.8. The molecule has 0 aromatic heterocycles. The van der Waals surface area contributed by atoms with E-state index in [0.717, 1.165) is 43.2 Å². The standard InChI is InChI=1S/C32H32N2O8.C31H30N2O8/c1-4-12-41-32(38)34-25-17-28(42-19-21-9-7-8-20(13-21)14-29(35)40-3)27(39-2)16-24(25)30(36)33-18-23-11-6-5-10-22(23)15-26(33)31(34)37;1-3-11-40-31(38)33-24-16-27(41-18-20-8-6-7-19(12-20)13-28(34)35)26(39-2)15-23(24)29(36)32-17-22-10-5-4-9-21(22)14-25(32)30(33)37/h4-11,13,16-17,26,31,37H,1,12,14-15,18-19H2,2-3H3;3-10,12,15-16,25,30,37H,1,11,13-14,17-18H2,2H3,(H,34,35)/t26-,31?;25-,30?/m00/s1. The summed E-state index contributed by atoms with van der Waals surface area (Å²) in [5.74, 6) is -1.03. The number of ether oxygens (including phenoxy) is 7. The number of carboxylic acid groups (broad SMARTS) is 1. The number of rotatable bonds is 16. The van der Waals surface area contributed by atoms with Crippen molar-refractivity contribution < 1.29 is 77.2 Å².